The minimum Gasteiger partial charge on any atom is -0.502 e. The van der Waals surface area contributed by atoms with Crippen LogP contribution in [0.2, 0.25) is 0 Å². The Bertz CT molecular complexity index is 724. The van der Waals surface area contributed by atoms with Gasteiger partial charge in [0, 0.05) is 6.61 Å². The molecule has 0 aliphatic carbocycles. The second-order valence-electron chi connectivity index (χ2n) is 7.48. The highest BCUT2D eigenvalue weighted by atomic mass is 16.5. The molecule has 0 fully saturated rings. The summed E-state index contributed by atoms with van der Waals surface area (Å²) in [6, 6.07) is 4.84. The van der Waals surface area contributed by atoms with Gasteiger partial charge in [0.25, 0.3) is 0 Å². The molecule has 0 unspecified atom stereocenters. The Morgan fingerprint density at radius 1 is 0.600 bits per heavy atom. The fourth-order valence-electron chi connectivity index (χ4n) is 2.91. The summed E-state index contributed by atoms with van der Waals surface area (Å²) in [5, 5.41) is 0. The summed E-state index contributed by atoms with van der Waals surface area (Å²) in [6.07, 6.45) is 8.61. The average molecular weight is 491 g/mol. The summed E-state index contributed by atoms with van der Waals surface area (Å²) < 4.78 is 31.6. The molecule has 0 aliphatic rings. The Morgan fingerprint density at radius 3 is 1.43 bits per heavy atom. The summed E-state index contributed by atoms with van der Waals surface area (Å²) in [7, 11) is 0. The van der Waals surface area contributed by atoms with Crippen molar-refractivity contribution in [1.82, 2.24) is 0 Å². The highest BCUT2D eigenvalue weighted by Gasteiger charge is 2.15. The van der Waals surface area contributed by atoms with Crippen molar-refractivity contribution in [2.45, 2.75) is 45.1 Å². The summed E-state index contributed by atoms with van der Waals surface area (Å²) in [6.45, 7) is 13.4. The van der Waals surface area contributed by atoms with Crippen LogP contribution in [0, 0.1) is 0 Å². The number of esters is 2. The Labute approximate surface area is 208 Å². The molecular formula is C27H38O8. The van der Waals surface area contributed by atoms with Crippen LogP contribution in [-0.2, 0) is 35.0 Å². The second-order valence-corrected chi connectivity index (χ2v) is 7.48. The Hall–Kier alpha value is -3.26. The SMILES string of the molecule is C=COCCCCOCc1cc(C(=O)OCCCCOC=C)cc(C(=O)OCCCCOC=C)c1. The van der Waals surface area contributed by atoms with Crippen molar-refractivity contribution in [3.05, 3.63) is 73.4 Å². The number of ether oxygens (including phenoxy) is 6. The van der Waals surface area contributed by atoms with Crippen molar-refractivity contribution in [2.75, 3.05) is 39.6 Å². The van der Waals surface area contributed by atoms with E-state index in [4.69, 9.17) is 28.4 Å². The molecule has 0 N–H and O–H groups in total. The zero-order valence-electron chi connectivity index (χ0n) is 20.5. The fraction of sp³-hybridized carbons (Fsp3) is 0.481. The van der Waals surface area contributed by atoms with Gasteiger partial charge in [-0.05, 0) is 62.3 Å². The van der Waals surface area contributed by atoms with Crippen LogP contribution in [0.5, 0.6) is 0 Å². The summed E-state index contributed by atoms with van der Waals surface area (Å²) in [4.78, 5) is 25.2. The molecule has 1 aromatic rings. The predicted molar refractivity (Wildman–Crippen MR) is 133 cm³/mol. The number of carbonyl (C=O) groups excluding carboxylic acids is 2. The maximum atomic E-state index is 12.6. The monoisotopic (exact) mass is 490 g/mol. The molecular weight excluding hydrogens is 452 g/mol. The van der Waals surface area contributed by atoms with Crippen molar-refractivity contribution in [2.24, 2.45) is 0 Å². The standard InChI is InChI=1S/C27H38O8/c1-4-30-13-7-8-16-33-22-23-19-24(26(28)34-17-11-9-14-31-5-2)21-25(20-23)27(29)35-18-12-10-15-32-6-3/h4-6,19-21H,1-3,7-18,22H2. The third-order valence-corrected chi connectivity index (χ3v) is 4.67. The quantitative estimate of drug-likeness (QED) is 0.122. The molecule has 8 heteroatoms. The molecule has 1 rings (SSSR count). The van der Waals surface area contributed by atoms with Gasteiger partial charge in [0.05, 0.1) is 69.6 Å². The van der Waals surface area contributed by atoms with Gasteiger partial charge in [-0.1, -0.05) is 19.7 Å². The molecule has 0 aliphatic heterocycles. The Balaban J connectivity index is 2.69. The Kier molecular flexibility index (Phi) is 17.1. The van der Waals surface area contributed by atoms with Crippen LogP contribution in [0.3, 0.4) is 0 Å². The molecule has 0 heterocycles. The lowest BCUT2D eigenvalue weighted by Gasteiger charge is -2.11. The van der Waals surface area contributed by atoms with Crippen molar-refractivity contribution in [3.63, 3.8) is 0 Å². The number of hydrogen-bond donors (Lipinski definition) is 0. The lowest BCUT2D eigenvalue weighted by molar-refractivity contribution is 0.0488. The normalized spacial score (nSPS) is 10.2. The smallest absolute Gasteiger partial charge is 0.338 e. The lowest BCUT2D eigenvalue weighted by Crippen LogP contribution is -2.12. The highest BCUT2D eigenvalue weighted by Crippen LogP contribution is 2.15. The van der Waals surface area contributed by atoms with Gasteiger partial charge in [-0.2, -0.15) is 0 Å². The third kappa shape index (κ3) is 14.6. The number of benzene rings is 1. The molecule has 0 aromatic heterocycles. The van der Waals surface area contributed by atoms with Crippen LogP contribution in [0.4, 0.5) is 0 Å². The van der Waals surface area contributed by atoms with Crippen molar-refractivity contribution in [1.29, 1.82) is 0 Å². The van der Waals surface area contributed by atoms with Gasteiger partial charge < -0.3 is 28.4 Å². The maximum absolute atomic E-state index is 12.6. The molecule has 8 nitrogen and oxygen atoms in total. The van der Waals surface area contributed by atoms with E-state index < -0.39 is 11.9 Å². The van der Waals surface area contributed by atoms with E-state index in [2.05, 4.69) is 19.7 Å². The van der Waals surface area contributed by atoms with Crippen LogP contribution in [0.1, 0.15) is 64.8 Å². The van der Waals surface area contributed by atoms with Crippen molar-refractivity contribution >= 4 is 11.9 Å². The van der Waals surface area contributed by atoms with Gasteiger partial charge in [-0.25, -0.2) is 9.59 Å². The minimum absolute atomic E-state index is 0.249. The summed E-state index contributed by atoms with van der Waals surface area (Å²) in [5.74, 6) is -1.01. The van der Waals surface area contributed by atoms with E-state index in [1.165, 1.54) is 24.9 Å². The zero-order valence-corrected chi connectivity index (χ0v) is 20.5. The van der Waals surface area contributed by atoms with Gasteiger partial charge >= 0.3 is 11.9 Å². The van der Waals surface area contributed by atoms with Gasteiger partial charge in [-0.15, -0.1) is 0 Å². The first-order valence-corrected chi connectivity index (χ1v) is 11.9. The Morgan fingerprint density at radius 2 is 1.00 bits per heavy atom. The van der Waals surface area contributed by atoms with E-state index >= 15 is 0 Å². The van der Waals surface area contributed by atoms with E-state index in [0.717, 1.165) is 25.7 Å². The van der Waals surface area contributed by atoms with E-state index in [1.807, 2.05) is 0 Å². The predicted octanol–water partition coefficient (Wildman–Crippen LogP) is 5.34. The minimum atomic E-state index is -0.506. The second kappa shape index (κ2) is 20.1. The molecule has 0 saturated heterocycles. The molecule has 0 bridgehead atoms. The first-order chi connectivity index (χ1) is 17.1. The number of carbonyl (C=O) groups is 2. The third-order valence-electron chi connectivity index (χ3n) is 4.67. The molecule has 35 heavy (non-hydrogen) atoms. The maximum Gasteiger partial charge on any atom is 0.338 e. The molecule has 0 spiro atoms. The molecule has 0 amide bonds. The number of rotatable bonds is 22. The molecule has 1 aromatic carbocycles. The summed E-state index contributed by atoms with van der Waals surface area (Å²) >= 11 is 0. The van der Waals surface area contributed by atoms with Gasteiger partial charge in [0.1, 0.15) is 0 Å². The van der Waals surface area contributed by atoms with Crippen LogP contribution in [-0.4, -0.2) is 51.6 Å². The molecule has 0 atom stereocenters. The van der Waals surface area contributed by atoms with E-state index in [9.17, 15) is 9.59 Å². The van der Waals surface area contributed by atoms with Crippen LogP contribution in [0.15, 0.2) is 56.7 Å². The van der Waals surface area contributed by atoms with Crippen LogP contribution in [0.25, 0.3) is 0 Å². The first-order valence-electron chi connectivity index (χ1n) is 11.9. The first kappa shape index (κ1) is 29.8. The largest absolute Gasteiger partial charge is 0.502 e. The van der Waals surface area contributed by atoms with Crippen LogP contribution < -0.4 is 0 Å². The zero-order chi connectivity index (χ0) is 25.6. The molecule has 0 radical (unpaired) electrons. The van der Waals surface area contributed by atoms with Gasteiger partial charge in [0.15, 0.2) is 0 Å². The fourth-order valence-corrected chi connectivity index (χ4v) is 2.91. The van der Waals surface area contributed by atoms with E-state index in [1.54, 1.807) is 12.1 Å². The van der Waals surface area contributed by atoms with Gasteiger partial charge in [0.2, 0.25) is 0 Å². The van der Waals surface area contributed by atoms with Crippen LogP contribution >= 0.6 is 0 Å². The van der Waals surface area contributed by atoms with E-state index in [-0.39, 0.29) is 30.9 Å². The van der Waals surface area contributed by atoms with Crippen molar-refractivity contribution < 1.29 is 38.0 Å². The number of unbranched alkanes of at least 4 members (excludes halogenated alkanes) is 3. The molecule has 0 saturated carbocycles. The van der Waals surface area contributed by atoms with Crippen molar-refractivity contribution in [3.8, 4) is 0 Å². The van der Waals surface area contributed by atoms with Gasteiger partial charge in [-0.3, -0.25) is 0 Å². The molecule has 194 valence electrons. The topological polar surface area (TPSA) is 89.5 Å². The highest BCUT2D eigenvalue weighted by molar-refractivity contribution is 5.95. The average Bonchev–Trinajstić information content (AvgIpc) is 2.87. The van der Waals surface area contributed by atoms with E-state index in [0.29, 0.717) is 44.8 Å². The lowest BCUT2D eigenvalue weighted by atomic mass is 10.1. The number of hydrogen-bond acceptors (Lipinski definition) is 8. The summed E-state index contributed by atoms with van der Waals surface area (Å²) in [5.41, 5.74) is 1.24.